The molecule has 0 bridgehead atoms. The Kier molecular flexibility index (Phi) is 4.51. The molecule has 0 aliphatic carbocycles. The number of nitro benzene ring substituents is 1. The Morgan fingerprint density at radius 1 is 1.09 bits per heavy atom. The number of hydrogen-bond acceptors (Lipinski definition) is 5. The Labute approximate surface area is 130 Å². The summed E-state index contributed by atoms with van der Waals surface area (Å²) in [6, 6.07) is 9.81. The van der Waals surface area contributed by atoms with Gasteiger partial charge in [0.2, 0.25) is 0 Å². The van der Waals surface area contributed by atoms with Crippen LogP contribution in [0.2, 0.25) is 0 Å². The van der Waals surface area contributed by atoms with Gasteiger partial charge in [0.25, 0.3) is 15.7 Å². The standard InChI is InChI=1S/C14H10N2O6S/c17-14(18)11-3-7-13(8-4-11)23(21,22)15-9-10-1-5-12(6-2-10)16(19)20/h1-9H,(H,17,18)/b15-9+. The zero-order valence-corrected chi connectivity index (χ0v) is 12.3. The van der Waals surface area contributed by atoms with Crippen molar-refractivity contribution in [1.82, 2.24) is 0 Å². The third kappa shape index (κ3) is 3.98. The summed E-state index contributed by atoms with van der Waals surface area (Å²) in [4.78, 5) is 20.5. The first kappa shape index (κ1) is 16.3. The molecule has 2 aromatic carbocycles. The van der Waals surface area contributed by atoms with E-state index < -0.39 is 20.9 Å². The molecule has 0 amide bonds. The van der Waals surface area contributed by atoms with Crippen molar-refractivity contribution < 1.29 is 23.2 Å². The lowest BCUT2D eigenvalue weighted by atomic mass is 10.2. The van der Waals surface area contributed by atoms with Gasteiger partial charge in [0.05, 0.1) is 15.4 Å². The van der Waals surface area contributed by atoms with Crippen molar-refractivity contribution in [3.05, 3.63) is 69.8 Å². The molecule has 0 aromatic heterocycles. The van der Waals surface area contributed by atoms with Crippen molar-refractivity contribution in [2.24, 2.45) is 4.40 Å². The average molecular weight is 334 g/mol. The van der Waals surface area contributed by atoms with Crippen LogP contribution in [0.1, 0.15) is 15.9 Å². The van der Waals surface area contributed by atoms with Crippen molar-refractivity contribution in [2.45, 2.75) is 4.90 Å². The second-order valence-electron chi connectivity index (χ2n) is 4.39. The van der Waals surface area contributed by atoms with Gasteiger partial charge in [-0.05, 0) is 42.0 Å². The molecular formula is C14H10N2O6S. The van der Waals surface area contributed by atoms with Crippen molar-refractivity contribution in [3.8, 4) is 0 Å². The van der Waals surface area contributed by atoms with Gasteiger partial charge in [0, 0.05) is 18.3 Å². The molecule has 118 valence electrons. The summed E-state index contributed by atoms with van der Waals surface area (Å²) in [6.07, 6.45) is 1.06. The zero-order chi connectivity index (χ0) is 17.0. The molecule has 1 N–H and O–H groups in total. The first-order valence-electron chi connectivity index (χ1n) is 6.18. The zero-order valence-electron chi connectivity index (χ0n) is 11.5. The van der Waals surface area contributed by atoms with E-state index in [9.17, 15) is 23.3 Å². The van der Waals surface area contributed by atoms with Crippen LogP contribution in [0.4, 0.5) is 5.69 Å². The highest BCUT2D eigenvalue weighted by Gasteiger charge is 2.13. The lowest BCUT2D eigenvalue weighted by molar-refractivity contribution is -0.384. The highest BCUT2D eigenvalue weighted by molar-refractivity contribution is 7.90. The van der Waals surface area contributed by atoms with Gasteiger partial charge in [-0.2, -0.15) is 12.8 Å². The number of aromatic carboxylic acids is 1. The molecule has 0 atom stereocenters. The van der Waals surface area contributed by atoms with E-state index in [0.717, 1.165) is 30.5 Å². The first-order chi connectivity index (χ1) is 10.8. The third-order valence-electron chi connectivity index (χ3n) is 2.84. The summed E-state index contributed by atoms with van der Waals surface area (Å²) < 4.78 is 27.5. The number of sulfonamides is 1. The second kappa shape index (κ2) is 6.36. The van der Waals surface area contributed by atoms with Crippen LogP contribution in [0.25, 0.3) is 0 Å². The Morgan fingerprint density at radius 2 is 1.65 bits per heavy atom. The summed E-state index contributed by atoms with van der Waals surface area (Å²) in [5.74, 6) is -1.16. The van der Waals surface area contributed by atoms with Crippen LogP contribution in [0, 0.1) is 10.1 Å². The fraction of sp³-hybridized carbons (Fsp3) is 0. The number of nitrogens with zero attached hydrogens (tertiary/aromatic N) is 2. The Morgan fingerprint density at radius 3 is 2.13 bits per heavy atom. The highest BCUT2D eigenvalue weighted by atomic mass is 32.2. The van der Waals surface area contributed by atoms with Crippen molar-refractivity contribution in [1.29, 1.82) is 0 Å². The number of non-ortho nitro benzene ring substituents is 1. The minimum atomic E-state index is -3.98. The molecular weight excluding hydrogens is 324 g/mol. The van der Waals surface area contributed by atoms with Gasteiger partial charge in [-0.15, -0.1) is 0 Å². The highest BCUT2D eigenvalue weighted by Crippen LogP contribution is 2.15. The van der Waals surface area contributed by atoms with E-state index in [2.05, 4.69) is 4.40 Å². The monoisotopic (exact) mass is 334 g/mol. The summed E-state index contributed by atoms with van der Waals surface area (Å²) in [6.45, 7) is 0. The van der Waals surface area contributed by atoms with Crippen molar-refractivity contribution in [3.63, 3.8) is 0 Å². The minimum absolute atomic E-state index is 0.0386. The van der Waals surface area contributed by atoms with E-state index in [1.807, 2.05) is 0 Å². The Hall–Kier alpha value is -3.07. The van der Waals surface area contributed by atoms with E-state index in [4.69, 9.17) is 5.11 Å². The molecule has 0 spiro atoms. The molecule has 9 heteroatoms. The third-order valence-corrected chi connectivity index (χ3v) is 4.09. The van der Waals surface area contributed by atoms with E-state index in [1.54, 1.807) is 0 Å². The normalized spacial score (nSPS) is 11.5. The van der Waals surface area contributed by atoms with Crippen molar-refractivity contribution >= 4 is 27.9 Å². The molecule has 0 aliphatic rings. The molecule has 2 rings (SSSR count). The van der Waals surface area contributed by atoms with E-state index in [0.29, 0.717) is 5.56 Å². The van der Waals surface area contributed by atoms with Crippen LogP contribution in [0.3, 0.4) is 0 Å². The maximum absolute atomic E-state index is 12.0. The molecule has 0 fully saturated rings. The predicted molar refractivity (Wildman–Crippen MR) is 81.3 cm³/mol. The minimum Gasteiger partial charge on any atom is -0.478 e. The van der Waals surface area contributed by atoms with Crippen molar-refractivity contribution in [2.75, 3.05) is 0 Å². The molecule has 8 nitrogen and oxygen atoms in total. The fourth-order valence-corrected chi connectivity index (χ4v) is 2.50. The van der Waals surface area contributed by atoms with E-state index >= 15 is 0 Å². The number of carbonyl (C=O) groups is 1. The maximum atomic E-state index is 12.0. The molecule has 0 heterocycles. The number of carboxylic acids is 1. The van der Waals surface area contributed by atoms with Crippen LogP contribution >= 0.6 is 0 Å². The van der Waals surface area contributed by atoms with Gasteiger partial charge in [-0.1, -0.05) is 0 Å². The summed E-state index contributed by atoms with van der Waals surface area (Å²) in [5.41, 5.74) is 0.221. The van der Waals surface area contributed by atoms with Gasteiger partial charge in [0.15, 0.2) is 0 Å². The Balaban J connectivity index is 2.22. The fourth-order valence-electron chi connectivity index (χ4n) is 1.64. The summed E-state index contributed by atoms with van der Waals surface area (Å²) in [7, 11) is -3.98. The summed E-state index contributed by atoms with van der Waals surface area (Å²) in [5, 5.41) is 19.3. The van der Waals surface area contributed by atoms with Gasteiger partial charge >= 0.3 is 5.97 Å². The average Bonchev–Trinajstić information content (AvgIpc) is 2.53. The topological polar surface area (TPSA) is 127 Å². The molecule has 2 aromatic rings. The van der Waals surface area contributed by atoms with Crippen LogP contribution in [0.5, 0.6) is 0 Å². The van der Waals surface area contributed by atoms with Crippen LogP contribution in [-0.2, 0) is 10.0 Å². The molecule has 0 aliphatic heterocycles. The first-order valence-corrected chi connectivity index (χ1v) is 7.62. The number of carboxylic acid groups (broad SMARTS) is 1. The molecule has 0 saturated heterocycles. The van der Waals surface area contributed by atoms with Crippen LogP contribution in [0.15, 0.2) is 57.8 Å². The van der Waals surface area contributed by atoms with E-state index in [-0.39, 0.29) is 16.1 Å². The molecule has 0 radical (unpaired) electrons. The van der Waals surface area contributed by atoms with Gasteiger partial charge in [-0.25, -0.2) is 4.79 Å². The number of hydrogen-bond donors (Lipinski definition) is 1. The smallest absolute Gasteiger partial charge is 0.335 e. The Bertz CT molecular complexity index is 870. The van der Waals surface area contributed by atoms with Crippen LogP contribution in [-0.4, -0.2) is 30.6 Å². The number of benzene rings is 2. The van der Waals surface area contributed by atoms with Gasteiger partial charge < -0.3 is 5.11 Å². The quantitative estimate of drug-likeness (QED) is 0.507. The largest absolute Gasteiger partial charge is 0.478 e. The lowest BCUT2D eigenvalue weighted by Gasteiger charge is -1.99. The molecule has 0 unspecified atom stereocenters. The predicted octanol–water partition coefficient (Wildman–Crippen LogP) is 2.10. The number of nitro groups is 1. The van der Waals surface area contributed by atoms with Gasteiger partial charge in [0.1, 0.15) is 0 Å². The maximum Gasteiger partial charge on any atom is 0.335 e. The van der Waals surface area contributed by atoms with Gasteiger partial charge in [-0.3, -0.25) is 10.1 Å². The molecule has 0 saturated carbocycles. The summed E-state index contributed by atoms with van der Waals surface area (Å²) >= 11 is 0. The van der Waals surface area contributed by atoms with Crippen LogP contribution < -0.4 is 0 Å². The van der Waals surface area contributed by atoms with E-state index in [1.165, 1.54) is 24.3 Å². The lowest BCUT2D eigenvalue weighted by Crippen LogP contribution is -2.00. The SMILES string of the molecule is O=C(O)c1ccc(S(=O)(=O)/N=C/c2ccc([N+](=O)[O-])cc2)cc1. The molecule has 23 heavy (non-hydrogen) atoms. The second-order valence-corrected chi connectivity index (χ2v) is 6.02. The number of rotatable bonds is 5.